The molecule has 234 valence electrons. The SMILES string of the molecule is COSCCCn1c(=O)c(-c2cccc(F)c2Cl)cn(CC(=O)Nc2ccc3c(c2)CC(C)(C(=O)Nc2ccccn2)C3)c1=O. The fraction of sp³-hybridized carbons (Fsp3) is 0.281. The smallest absolute Gasteiger partial charge is 0.325 e. The maximum Gasteiger partial charge on any atom is 0.331 e. The Morgan fingerprint density at radius 3 is 2.62 bits per heavy atom. The molecule has 0 aliphatic heterocycles. The topological polar surface area (TPSA) is 124 Å². The third kappa shape index (κ3) is 7.19. The lowest BCUT2D eigenvalue weighted by molar-refractivity contribution is -0.124. The first-order valence-electron chi connectivity index (χ1n) is 14.2. The number of benzene rings is 2. The van der Waals surface area contributed by atoms with E-state index in [9.17, 15) is 23.6 Å². The molecule has 0 saturated carbocycles. The van der Waals surface area contributed by atoms with Gasteiger partial charge in [-0.1, -0.05) is 42.8 Å². The second-order valence-electron chi connectivity index (χ2n) is 11.0. The first-order valence-corrected chi connectivity index (χ1v) is 15.5. The molecule has 2 heterocycles. The van der Waals surface area contributed by atoms with Crippen LogP contribution in [0.1, 0.15) is 24.5 Å². The maximum atomic E-state index is 14.3. The fourth-order valence-electron chi connectivity index (χ4n) is 5.39. The number of nitrogens with zero attached hydrogens (tertiary/aromatic N) is 3. The second-order valence-corrected chi connectivity index (χ2v) is 12.3. The first kappa shape index (κ1) is 32.1. The number of carbonyl (C=O) groups excluding carboxylic acids is 2. The standard InChI is InChI=1S/C32H31ClFN5O5S/c1-32(30(42)37-26-9-3-4-12-35-26)16-20-10-11-22(15-21(20)17-32)36-27(40)19-38-18-24(23-7-5-8-25(34)28(23)33)29(41)39(31(38)43)13-6-14-45-44-2/h3-5,7-12,15,18H,6,13-14,16-17,19H2,1-2H3,(H,36,40)(H,35,37,42). The fourth-order valence-corrected chi connectivity index (χ4v) is 6.03. The number of hydrogen-bond donors (Lipinski definition) is 2. The molecule has 10 nitrogen and oxygen atoms in total. The zero-order valence-electron chi connectivity index (χ0n) is 24.6. The summed E-state index contributed by atoms with van der Waals surface area (Å²) >= 11 is 7.38. The predicted octanol–water partition coefficient (Wildman–Crippen LogP) is 4.93. The molecule has 2 aromatic carbocycles. The van der Waals surface area contributed by atoms with Crippen molar-refractivity contribution in [2.24, 2.45) is 5.41 Å². The molecule has 1 aliphatic carbocycles. The van der Waals surface area contributed by atoms with Crippen molar-refractivity contribution in [2.45, 2.75) is 39.3 Å². The van der Waals surface area contributed by atoms with Crippen LogP contribution < -0.4 is 21.9 Å². The summed E-state index contributed by atoms with van der Waals surface area (Å²) < 4.78 is 21.4. The zero-order chi connectivity index (χ0) is 32.1. The normalized spacial score (nSPS) is 15.5. The van der Waals surface area contributed by atoms with E-state index in [1.54, 1.807) is 30.5 Å². The molecule has 0 bridgehead atoms. The van der Waals surface area contributed by atoms with Crippen molar-refractivity contribution in [1.29, 1.82) is 0 Å². The van der Waals surface area contributed by atoms with Crippen molar-refractivity contribution >= 4 is 47.0 Å². The minimum atomic E-state index is -0.714. The summed E-state index contributed by atoms with van der Waals surface area (Å²) in [5, 5.41) is 5.43. The molecular weight excluding hydrogens is 621 g/mol. The number of nitrogens with one attached hydrogen (secondary N) is 2. The zero-order valence-corrected chi connectivity index (χ0v) is 26.2. The minimum Gasteiger partial charge on any atom is -0.325 e. The van der Waals surface area contributed by atoms with Gasteiger partial charge in [-0.05, 0) is 72.8 Å². The summed E-state index contributed by atoms with van der Waals surface area (Å²) in [5.74, 6) is -0.370. The van der Waals surface area contributed by atoms with E-state index in [4.69, 9.17) is 15.8 Å². The lowest BCUT2D eigenvalue weighted by Crippen LogP contribution is -2.42. The molecule has 1 unspecified atom stereocenters. The van der Waals surface area contributed by atoms with E-state index in [1.165, 1.54) is 43.5 Å². The lowest BCUT2D eigenvalue weighted by atomic mass is 9.86. The molecule has 2 N–H and O–H groups in total. The highest BCUT2D eigenvalue weighted by Gasteiger charge is 2.39. The molecule has 1 atom stereocenters. The van der Waals surface area contributed by atoms with E-state index in [1.807, 2.05) is 19.1 Å². The van der Waals surface area contributed by atoms with Crippen LogP contribution >= 0.6 is 23.6 Å². The molecule has 1 aliphatic rings. The highest BCUT2D eigenvalue weighted by Crippen LogP contribution is 2.38. The van der Waals surface area contributed by atoms with Crippen molar-refractivity contribution in [3.8, 4) is 11.1 Å². The van der Waals surface area contributed by atoms with Gasteiger partial charge in [0, 0.05) is 35.9 Å². The summed E-state index contributed by atoms with van der Waals surface area (Å²) in [6.07, 6.45) is 4.28. The van der Waals surface area contributed by atoms with Crippen LogP contribution in [0, 0.1) is 11.2 Å². The van der Waals surface area contributed by atoms with Crippen LogP contribution in [0.5, 0.6) is 0 Å². The van der Waals surface area contributed by atoms with Gasteiger partial charge in [0.25, 0.3) is 5.56 Å². The van der Waals surface area contributed by atoms with Crippen LogP contribution in [0.15, 0.2) is 76.6 Å². The largest absolute Gasteiger partial charge is 0.331 e. The molecule has 0 fully saturated rings. The van der Waals surface area contributed by atoms with Gasteiger partial charge < -0.3 is 14.8 Å². The molecule has 13 heteroatoms. The van der Waals surface area contributed by atoms with Gasteiger partial charge in [-0.3, -0.25) is 23.5 Å². The highest BCUT2D eigenvalue weighted by molar-refractivity contribution is 7.94. The maximum absolute atomic E-state index is 14.3. The first-order chi connectivity index (χ1) is 21.6. The van der Waals surface area contributed by atoms with Crippen molar-refractivity contribution in [3.05, 3.63) is 110 Å². The molecular formula is C32H31ClFN5O5S. The summed E-state index contributed by atoms with van der Waals surface area (Å²) in [4.78, 5) is 57.2. The van der Waals surface area contributed by atoms with Gasteiger partial charge in [0.2, 0.25) is 11.8 Å². The molecule has 2 amide bonds. The number of fused-ring (bicyclic) bond motifs is 1. The number of hydrogen-bond acceptors (Lipinski definition) is 7. The van der Waals surface area contributed by atoms with Crippen molar-refractivity contribution in [1.82, 2.24) is 14.1 Å². The van der Waals surface area contributed by atoms with Crippen LogP contribution in [0.25, 0.3) is 11.1 Å². The quantitative estimate of drug-likeness (QED) is 0.174. The van der Waals surface area contributed by atoms with Gasteiger partial charge in [-0.15, -0.1) is 0 Å². The average molecular weight is 652 g/mol. The Bertz CT molecular complexity index is 1870. The minimum absolute atomic E-state index is 0.00732. The van der Waals surface area contributed by atoms with E-state index < -0.39 is 34.9 Å². The van der Waals surface area contributed by atoms with Crippen LogP contribution in [-0.2, 0) is 39.7 Å². The van der Waals surface area contributed by atoms with Gasteiger partial charge in [0.05, 0.1) is 23.1 Å². The van der Waals surface area contributed by atoms with Gasteiger partial charge in [-0.2, -0.15) is 0 Å². The van der Waals surface area contributed by atoms with E-state index in [0.29, 0.717) is 36.5 Å². The summed E-state index contributed by atoms with van der Waals surface area (Å²) in [5.41, 5.74) is 0.515. The number of halogens is 2. The van der Waals surface area contributed by atoms with Crippen molar-refractivity contribution < 1.29 is 18.2 Å². The number of aromatic nitrogens is 3. The Balaban J connectivity index is 1.35. The molecule has 4 aromatic rings. The molecule has 0 radical (unpaired) electrons. The second kappa shape index (κ2) is 13.8. The van der Waals surface area contributed by atoms with Gasteiger partial charge in [0.1, 0.15) is 18.2 Å². The van der Waals surface area contributed by atoms with Crippen LogP contribution in [0.4, 0.5) is 15.9 Å². The summed E-state index contributed by atoms with van der Waals surface area (Å²) in [7, 11) is 1.52. The Morgan fingerprint density at radius 2 is 1.87 bits per heavy atom. The van der Waals surface area contributed by atoms with Gasteiger partial charge in [0.15, 0.2) is 0 Å². The Morgan fingerprint density at radius 1 is 1.07 bits per heavy atom. The number of anilines is 2. The van der Waals surface area contributed by atoms with Crippen LogP contribution in [-0.4, -0.2) is 38.8 Å². The van der Waals surface area contributed by atoms with E-state index >= 15 is 0 Å². The third-order valence-corrected chi connectivity index (χ3v) is 8.70. The van der Waals surface area contributed by atoms with E-state index in [-0.39, 0.29) is 28.6 Å². The molecule has 0 spiro atoms. The average Bonchev–Trinajstić information content (AvgIpc) is 3.37. The molecule has 2 aromatic heterocycles. The monoisotopic (exact) mass is 651 g/mol. The Kier molecular flexibility index (Phi) is 9.86. The number of pyridine rings is 1. The van der Waals surface area contributed by atoms with Crippen molar-refractivity contribution in [2.75, 3.05) is 23.5 Å². The van der Waals surface area contributed by atoms with Gasteiger partial charge >= 0.3 is 5.69 Å². The van der Waals surface area contributed by atoms with Crippen LogP contribution in [0.2, 0.25) is 5.02 Å². The summed E-state index contributed by atoms with van der Waals surface area (Å²) in [6.45, 7) is 1.54. The molecule has 5 rings (SSSR count). The molecule has 0 saturated heterocycles. The van der Waals surface area contributed by atoms with E-state index in [0.717, 1.165) is 20.3 Å². The third-order valence-electron chi connectivity index (χ3n) is 7.63. The number of carbonyl (C=O) groups is 2. The molecule has 45 heavy (non-hydrogen) atoms. The Labute approximate surface area is 267 Å². The predicted molar refractivity (Wildman–Crippen MR) is 173 cm³/mol. The Hall–Kier alpha value is -4.26. The van der Waals surface area contributed by atoms with E-state index in [2.05, 4.69) is 15.6 Å². The van der Waals surface area contributed by atoms with Crippen molar-refractivity contribution in [3.63, 3.8) is 0 Å². The van der Waals surface area contributed by atoms with Crippen LogP contribution in [0.3, 0.4) is 0 Å². The lowest BCUT2D eigenvalue weighted by Gasteiger charge is -2.22. The highest BCUT2D eigenvalue weighted by atomic mass is 35.5. The number of amides is 2. The van der Waals surface area contributed by atoms with Gasteiger partial charge in [-0.25, -0.2) is 14.2 Å². The summed E-state index contributed by atoms with van der Waals surface area (Å²) in [6, 6.07) is 14.8. The number of rotatable bonds is 11.